The number of aromatic hydroxyl groups is 1. The fraction of sp³-hybridized carbons (Fsp3) is 0.100. The first-order chi connectivity index (χ1) is 12.6. The van der Waals surface area contributed by atoms with Gasteiger partial charge in [0.15, 0.2) is 11.6 Å². The lowest BCUT2D eigenvalue weighted by Crippen LogP contribution is -2.12. The van der Waals surface area contributed by atoms with Crippen molar-refractivity contribution in [3.63, 3.8) is 0 Å². The molecule has 132 valence electrons. The number of carbonyl (C=O) groups is 2. The Bertz CT molecular complexity index is 899. The third-order valence-corrected chi connectivity index (χ3v) is 3.84. The number of allylic oxidation sites excluding steroid dienone is 4. The number of hydrogen-bond donors (Lipinski definition) is 4. The highest BCUT2D eigenvalue weighted by molar-refractivity contribution is 6.34. The van der Waals surface area contributed by atoms with E-state index in [0.717, 1.165) is 11.4 Å². The number of nitrogens with one attached hydrogen (secondary N) is 2. The van der Waals surface area contributed by atoms with Crippen LogP contribution >= 0.6 is 0 Å². The van der Waals surface area contributed by atoms with Gasteiger partial charge in [0, 0.05) is 34.7 Å². The average molecular weight is 350 g/mol. The van der Waals surface area contributed by atoms with E-state index in [0.29, 0.717) is 23.4 Å². The average Bonchev–Trinajstić information content (AvgIpc) is 2.64. The molecule has 0 amide bonds. The van der Waals surface area contributed by atoms with Gasteiger partial charge in [-0.2, -0.15) is 0 Å². The SMILES string of the molecule is O=C1C=CC(=O)C(c2cc(Nc3ccc(O)cc3)ccc2NCCO)=C1. The van der Waals surface area contributed by atoms with Crippen molar-refractivity contribution in [3.8, 4) is 5.75 Å². The summed E-state index contributed by atoms with van der Waals surface area (Å²) in [6.07, 6.45) is 3.81. The number of rotatable bonds is 6. The maximum Gasteiger partial charge on any atom is 0.186 e. The summed E-state index contributed by atoms with van der Waals surface area (Å²) in [5.41, 5.74) is 3.01. The molecule has 2 aromatic rings. The molecule has 4 N–H and O–H groups in total. The van der Waals surface area contributed by atoms with Gasteiger partial charge in [-0.25, -0.2) is 0 Å². The predicted molar refractivity (Wildman–Crippen MR) is 101 cm³/mol. The first-order valence-electron chi connectivity index (χ1n) is 8.10. The Hall–Kier alpha value is -3.38. The van der Waals surface area contributed by atoms with Crippen molar-refractivity contribution < 1.29 is 19.8 Å². The molecular weight excluding hydrogens is 332 g/mol. The van der Waals surface area contributed by atoms with Crippen LogP contribution in [0.3, 0.4) is 0 Å². The Morgan fingerprint density at radius 1 is 0.923 bits per heavy atom. The third kappa shape index (κ3) is 3.99. The maximum atomic E-state index is 12.2. The number of phenols is 1. The molecule has 6 heteroatoms. The van der Waals surface area contributed by atoms with Crippen LogP contribution in [0, 0.1) is 0 Å². The quantitative estimate of drug-likeness (QED) is 0.472. The summed E-state index contributed by atoms with van der Waals surface area (Å²) < 4.78 is 0. The molecule has 0 atom stereocenters. The molecule has 3 rings (SSSR count). The van der Waals surface area contributed by atoms with Crippen molar-refractivity contribution in [3.05, 3.63) is 66.3 Å². The van der Waals surface area contributed by atoms with Gasteiger partial charge in [-0.15, -0.1) is 0 Å². The van der Waals surface area contributed by atoms with Crippen molar-refractivity contribution in [1.29, 1.82) is 0 Å². The van der Waals surface area contributed by atoms with Gasteiger partial charge in [0.2, 0.25) is 0 Å². The molecule has 2 aromatic carbocycles. The van der Waals surface area contributed by atoms with Gasteiger partial charge < -0.3 is 20.8 Å². The number of hydrogen-bond acceptors (Lipinski definition) is 6. The fourth-order valence-electron chi connectivity index (χ4n) is 2.62. The summed E-state index contributed by atoms with van der Waals surface area (Å²) in [6.45, 7) is 0.266. The maximum absolute atomic E-state index is 12.2. The van der Waals surface area contributed by atoms with Crippen LogP contribution in [0.2, 0.25) is 0 Å². The van der Waals surface area contributed by atoms with Crippen molar-refractivity contribution in [1.82, 2.24) is 0 Å². The lowest BCUT2D eigenvalue weighted by atomic mass is 9.94. The van der Waals surface area contributed by atoms with Crippen LogP contribution in [0.25, 0.3) is 5.57 Å². The van der Waals surface area contributed by atoms with E-state index in [1.165, 1.54) is 18.2 Å². The van der Waals surface area contributed by atoms with E-state index in [2.05, 4.69) is 10.6 Å². The first kappa shape index (κ1) is 17.4. The largest absolute Gasteiger partial charge is 0.508 e. The van der Waals surface area contributed by atoms with E-state index in [4.69, 9.17) is 5.11 Å². The zero-order chi connectivity index (χ0) is 18.5. The zero-order valence-electron chi connectivity index (χ0n) is 13.9. The molecule has 0 aromatic heterocycles. The third-order valence-electron chi connectivity index (χ3n) is 3.84. The van der Waals surface area contributed by atoms with Gasteiger partial charge >= 0.3 is 0 Å². The summed E-state index contributed by atoms with van der Waals surface area (Å²) in [5.74, 6) is -0.328. The number of phenolic OH excluding ortho intramolecular Hbond substituents is 1. The standard InChI is InChI=1S/C20H18N2O4/c23-10-9-21-19-7-3-14(22-13-1-4-15(24)5-2-13)11-17(19)18-12-16(25)6-8-20(18)26/h1-8,11-12,21-24H,9-10H2. The zero-order valence-corrected chi connectivity index (χ0v) is 13.9. The summed E-state index contributed by atoms with van der Waals surface area (Å²) in [4.78, 5) is 24.0. The predicted octanol–water partition coefficient (Wildman–Crippen LogP) is 2.63. The highest BCUT2D eigenvalue weighted by Gasteiger charge is 2.18. The summed E-state index contributed by atoms with van der Waals surface area (Å²) in [6, 6.07) is 12.0. The Labute approximate surface area is 150 Å². The molecule has 0 heterocycles. The van der Waals surface area contributed by atoms with E-state index in [1.807, 2.05) is 6.07 Å². The molecule has 0 fully saturated rings. The van der Waals surface area contributed by atoms with Crippen molar-refractivity contribution in [2.24, 2.45) is 0 Å². The molecule has 0 saturated heterocycles. The Balaban J connectivity index is 1.97. The number of aliphatic hydroxyl groups excluding tert-OH is 1. The monoisotopic (exact) mass is 350 g/mol. The van der Waals surface area contributed by atoms with Gasteiger partial charge in [-0.1, -0.05) is 0 Å². The molecule has 26 heavy (non-hydrogen) atoms. The minimum atomic E-state index is -0.251. The highest BCUT2D eigenvalue weighted by Crippen LogP contribution is 2.31. The Morgan fingerprint density at radius 2 is 1.65 bits per heavy atom. The molecule has 1 aliphatic rings. The van der Waals surface area contributed by atoms with Crippen LogP contribution < -0.4 is 10.6 Å². The fourth-order valence-corrected chi connectivity index (χ4v) is 2.62. The summed E-state index contributed by atoms with van der Waals surface area (Å²) in [7, 11) is 0. The molecule has 1 aliphatic carbocycles. The smallest absolute Gasteiger partial charge is 0.186 e. The lowest BCUT2D eigenvalue weighted by molar-refractivity contribution is -0.113. The second-order valence-corrected chi connectivity index (χ2v) is 5.74. The number of ketones is 2. The van der Waals surface area contributed by atoms with Crippen molar-refractivity contribution in [2.75, 3.05) is 23.8 Å². The van der Waals surface area contributed by atoms with Crippen molar-refractivity contribution >= 4 is 34.2 Å². The van der Waals surface area contributed by atoms with Gasteiger partial charge in [-0.3, -0.25) is 9.59 Å². The van der Waals surface area contributed by atoms with E-state index in [-0.39, 0.29) is 23.9 Å². The second-order valence-electron chi connectivity index (χ2n) is 5.74. The van der Waals surface area contributed by atoms with Crippen molar-refractivity contribution in [2.45, 2.75) is 0 Å². The van der Waals surface area contributed by atoms with Crippen LogP contribution in [0.15, 0.2) is 60.7 Å². The molecule has 0 radical (unpaired) electrons. The van der Waals surface area contributed by atoms with Crippen LogP contribution in [0.1, 0.15) is 5.56 Å². The molecule has 0 spiro atoms. The van der Waals surface area contributed by atoms with Crippen LogP contribution in [-0.4, -0.2) is 34.9 Å². The van der Waals surface area contributed by atoms with E-state index >= 15 is 0 Å². The minimum absolute atomic E-state index is 0.0568. The molecule has 0 aliphatic heterocycles. The second kappa shape index (κ2) is 7.67. The molecule has 0 saturated carbocycles. The topological polar surface area (TPSA) is 98.7 Å². The molecular formula is C20H18N2O4. The van der Waals surface area contributed by atoms with Gasteiger partial charge in [0.25, 0.3) is 0 Å². The van der Waals surface area contributed by atoms with Gasteiger partial charge in [-0.05, 0) is 60.7 Å². The minimum Gasteiger partial charge on any atom is -0.508 e. The number of carbonyl (C=O) groups excluding carboxylic acids is 2. The van der Waals surface area contributed by atoms with Crippen LogP contribution in [0.5, 0.6) is 5.75 Å². The van der Waals surface area contributed by atoms with Gasteiger partial charge in [0.1, 0.15) is 5.75 Å². The number of anilines is 3. The Morgan fingerprint density at radius 3 is 2.38 bits per heavy atom. The number of benzene rings is 2. The van der Waals surface area contributed by atoms with E-state index < -0.39 is 0 Å². The van der Waals surface area contributed by atoms with E-state index in [9.17, 15) is 14.7 Å². The number of aliphatic hydroxyl groups is 1. The molecule has 0 bridgehead atoms. The Kier molecular flexibility index (Phi) is 5.15. The highest BCUT2D eigenvalue weighted by atomic mass is 16.3. The summed E-state index contributed by atoms with van der Waals surface area (Å²) in [5, 5.41) is 24.7. The normalized spacial score (nSPS) is 13.5. The molecule has 0 unspecified atom stereocenters. The van der Waals surface area contributed by atoms with Crippen LogP contribution in [0.4, 0.5) is 17.1 Å². The van der Waals surface area contributed by atoms with E-state index in [1.54, 1.807) is 36.4 Å². The summed E-state index contributed by atoms with van der Waals surface area (Å²) >= 11 is 0. The van der Waals surface area contributed by atoms with Crippen LogP contribution in [-0.2, 0) is 9.59 Å². The molecule has 6 nitrogen and oxygen atoms in total. The van der Waals surface area contributed by atoms with Gasteiger partial charge in [0.05, 0.1) is 6.61 Å². The first-order valence-corrected chi connectivity index (χ1v) is 8.10. The lowest BCUT2D eigenvalue weighted by Gasteiger charge is -2.16.